The van der Waals surface area contributed by atoms with Crippen molar-refractivity contribution in [3.63, 3.8) is 0 Å². The maximum absolute atomic E-state index is 9.97. The number of ether oxygens (including phenoxy) is 2. The summed E-state index contributed by atoms with van der Waals surface area (Å²) >= 11 is 0. The van der Waals surface area contributed by atoms with Gasteiger partial charge in [-0.3, -0.25) is 0 Å². The number of hydrogen-bond acceptors (Lipinski definition) is 8. The van der Waals surface area contributed by atoms with Gasteiger partial charge in [0.15, 0.2) is 17.6 Å². The molecule has 1 aromatic rings. The highest BCUT2D eigenvalue weighted by Gasteiger charge is 2.25. The number of fused-ring (bicyclic) bond motifs is 1. The van der Waals surface area contributed by atoms with Crippen molar-refractivity contribution in [3.05, 3.63) is 17.7 Å². The Labute approximate surface area is 121 Å². The highest BCUT2D eigenvalue weighted by Crippen LogP contribution is 2.42. The Balaban J connectivity index is 0.00000115. The third kappa shape index (κ3) is 3.64. The molecule has 0 saturated heterocycles. The van der Waals surface area contributed by atoms with Crippen LogP contribution in [-0.4, -0.2) is 45.7 Å². The van der Waals surface area contributed by atoms with Gasteiger partial charge in [0.25, 0.3) is 0 Å². The molecule has 0 bridgehead atoms. The zero-order valence-corrected chi connectivity index (χ0v) is 11.5. The van der Waals surface area contributed by atoms with Crippen LogP contribution in [0.5, 0.6) is 17.2 Å². The van der Waals surface area contributed by atoms with Crippen LogP contribution >= 0.6 is 12.4 Å². The van der Waals surface area contributed by atoms with Gasteiger partial charge in [-0.25, -0.2) is 5.90 Å². The molecule has 0 spiro atoms. The highest BCUT2D eigenvalue weighted by atomic mass is 35.5. The molecule has 0 saturated carbocycles. The van der Waals surface area contributed by atoms with Crippen molar-refractivity contribution in [2.75, 3.05) is 13.2 Å². The third-order valence-corrected chi connectivity index (χ3v) is 2.55. The molecule has 0 radical (unpaired) electrons. The second kappa shape index (κ2) is 8.43. The van der Waals surface area contributed by atoms with Crippen LogP contribution in [0.3, 0.4) is 0 Å². The number of benzene rings is 1. The number of halogens is 1. The van der Waals surface area contributed by atoms with E-state index in [1.165, 1.54) is 0 Å². The normalized spacial score (nSPS) is 16.6. The summed E-state index contributed by atoms with van der Waals surface area (Å²) in [6.07, 6.45) is -0.505. The average Bonchev–Trinajstić information content (AvgIpc) is 2.48. The Hall–Kier alpha value is -1.74. The van der Waals surface area contributed by atoms with Gasteiger partial charge in [-0.2, -0.15) is 0 Å². The molecule has 114 valence electrons. The topological polar surface area (TPSA) is 138 Å². The number of aliphatic hydroxyl groups is 1. The maximum atomic E-state index is 9.97. The number of phenolic OH excluding ortho intramolecular Hbond substituents is 1. The Morgan fingerprint density at radius 3 is 2.65 bits per heavy atom. The number of hydrogen-bond donors (Lipinski definition) is 5. The van der Waals surface area contributed by atoms with Crippen LogP contribution < -0.4 is 15.4 Å². The van der Waals surface area contributed by atoms with Crippen LogP contribution in [0, 0.1) is 0 Å². The summed E-state index contributed by atoms with van der Waals surface area (Å²) in [5.74, 6) is 3.91. The summed E-state index contributed by atoms with van der Waals surface area (Å²) in [7, 11) is 0. The van der Waals surface area contributed by atoms with Crippen LogP contribution in [0.1, 0.15) is 12.5 Å². The van der Waals surface area contributed by atoms with E-state index in [2.05, 4.69) is 11.1 Å². The lowest BCUT2D eigenvalue weighted by Crippen LogP contribution is -2.32. The van der Waals surface area contributed by atoms with E-state index in [-0.39, 0.29) is 42.8 Å². The van der Waals surface area contributed by atoms with Gasteiger partial charge in [-0.1, -0.05) is 5.16 Å². The third-order valence-electron chi connectivity index (χ3n) is 2.55. The Morgan fingerprint density at radius 2 is 2.10 bits per heavy atom. The fourth-order valence-electron chi connectivity index (χ4n) is 1.60. The molecule has 20 heavy (non-hydrogen) atoms. The number of nitrogens with two attached hydrogens (primary N) is 1. The monoisotopic (exact) mass is 308 g/mol. The summed E-state index contributed by atoms with van der Waals surface area (Å²) in [6.45, 7) is 1.58. The van der Waals surface area contributed by atoms with Crippen molar-refractivity contribution in [2.45, 2.75) is 13.0 Å². The first-order chi connectivity index (χ1) is 9.17. The summed E-state index contributed by atoms with van der Waals surface area (Å²) in [5, 5.41) is 37.2. The Kier molecular flexibility index (Phi) is 7.70. The minimum Gasteiger partial charge on any atom is -0.504 e. The molecule has 0 fully saturated rings. The van der Waals surface area contributed by atoms with Crippen LogP contribution in [0.15, 0.2) is 17.3 Å². The van der Waals surface area contributed by atoms with E-state index in [0.29, 0.717) is 11.3 Å². The van der Waals surface area contributed by atoms with Gasteiger partial charge in [-0.05, 0) is 19.1 Å². The standard InChI is InChI=1S/C11H13NO5.ClH.H3NO/c1-6(12-15)8-2-3-9-11(10(8)14)17-7(4-13)5-16-9;;1-2/h2-3,7,13-15H,4-5H2,1H3;1H;2H,1H2. The first kappa shape index (κ1) is 18.3. The minimum absolute atomic E-state index is 0. The molecule has 9 heteroatoms. The quantitative estimate of drug-likeness (QED) is 0.304. The van der Waals surface area contributed by atoms with E-state index in [0.717, 1.165) is 0 Å². The number of aliphatic hydroxyl groups excluding tert-OH is 1. The lowest BCUT2D eigenvalue weighted by atomic mass is 10.1. The molecule has 0 aliphatic carbocycles. The van der Waals surface area contributed by atoms with Crippen molar-refractivity contribution in [1.29, 1.82) is 0 Å². The number of rotatable bonds is 2. The van der Waals surface area contributed by atoms with Crippen LogP contribution in [-0.2, 0) is 0 Å². The van der Waals surface area contributed by atoms with Gasteiger partial charge < -0.3 is 30.1 Å². The number of phenols is 1. The van der Waals surface area contributed by atoms with E-state index in [9.17, 15) is 5.11 Å². The van der Waals surface area contributed by atoms with Crippen LogP contribution in [0.4, 0.5) is 0 Å². The zero-order chi connectivity index (χ0) is 14.4. The Morgan fingerprint density at radius 1 is 1.45 bits per heavy atom. The first-order valence-electron chi connectivity index (χ1n) is 5.38. The molecule has 1 aliphatic rings. The van der Waals surface area contributed by atoms with Crippen molar-refractivity contribution >= 4 is 18.1 Å². The molecule has 0 aromatic heterocycles. The molecule has 1 aliphatic heterocycles. The SMILES string of the molecule is CC(=NO)c1ccc2c(c1O)OC(CO)CO2.Cl.NO. The summed E-state index contributed by atoms with van der Waals surface area (Å²) in [5.41, 5.74) is 0.619. The molecule has 0 amide bonds. The van der Waals surface area contributed by atoms with Gasteiger partial charge in [0.1, 0.15) is 6.61 Å². The molecule has 1 aromatic carbocycles. The fourth-order valence-corrected chi connectivity index (χ4v) is 1.60. The molecule has 1 heterocycles. The predicted molar refractivity (Wildman–Crippen MR) is 72.3 cm³/mol. The van der Waals surface area contributed by atoms with E-state index in [1.807, 2.05) is 0 Å². The largest absolute Gasteiger partial charge is 0.504 e. The number of aromatic hydroxyl groups is 1. The van der Waals surface area contributed by atoms with Crippen molar-refractivity contribution < 1.29 is 30.1 Å². The lowest BCUT2D eigenvalue weighted by Gasteiger charge is -2.26. The molecular weight excluding hydrogens is 292 g/mol. The summed E-state index contributed by atoms with van der Waals surface area (Å²) in [6, 6.07) is 3.19. The predicted octanol–water partition coefficient (Wildman–Crippen LogP) is 0.479. The number of nitrogens with zero attached hydrogens (tertiary/aromatic N) is 1. The molecule has 1 unspecified atom stereocenters. The van der Waals surface area contributed by atoms with Gasteiger partial charge in [0.2, 0.25) is 5.75 Å². The van der Waals surface area contributed by atoms with E-state index < -0.39 is 6.10 Å². The summed E-state index contributed by atoms with van der Waals surface area (Å²) < 4.78 is 10.7. The van der Waals surface area contributed by atoms with Crippen molar-refractivity contribution in [2.24, 2.45) is 11.1 Å². The fraction of sp³-hybridized carbons (Fsp3) is 0.364. The van der Waals surface area contributed by atoms with Crippen LogP contribution in [0.25, 0.3) is 0 Å². The van der Waals surface area contributed by atoms with Gasteiger partial charge in [-0.15, -0.1) is 12.4 Å². The van der Waals surface area contributed by atoms with Crippen molar-refractivity contribution in [1.82, 2.24) is 0 Å². The van der Waals surface area contributed by atoms with Crippen molar-refractivity contribution in [3.8, 4) is 17.2 Å². The molecular formula is C11H17ClN2O6. The zero-order valence-electron chi connectivity index (χ0n) is 10.7. The van der Waals surface area contributed by atoms with Gasteiger partial charge >= 0.3 is 0 Å². The second-order valence-electron chi connectivity index (χ2n) is 3.71. The minimum atomic E-state index is -0.505. The summed E-state index contributed by atoms with van der Waals surface area (Å²) in [4.78, 5) is 0. The number of oxime groups is 1. The lowest BCUT2D eigenvalue weighted by molar-refractivity contribution is 0.0431. The van der Waals surface area contributed by atoms with E-state index in [4.69, 9.17) is 25.0 Å². The molecule has 8 nitrogen and oxygen atoms in total. The van der Waals surface area contributed by atoms with Gasteiger partial charge in [0.05, 0.1) is 12.3 Å². The Bertz CT molecular complexity index is 468. The highest BCUT2D eigenvalue weighted by molar-refractivity contribution is 6.01. The van der Waals surface area contributed by atoms with E-state index >= 15 is 0 Å². The smallest absolute Gasteiger partial charge is 0.204 e. The molecule has 1 atom stereocenters. The maximum Gasteiger partial charge on any atom is 0.204 e. The first-order valence-corrected chi connectivity index (χ1v) is 5.38. The average molecular weight is 309 g/mol. The van der Waals surface area contributed by atoms with Gasteiger partial charge in [0, 0.05) is 5.56 Å². The molecule has 6 N–H and O–H groups in total. The molecule has 2 rings (SSSR count). The van der Waals surface area contributed by atoms with Crippen LogP contribution in [0.2, 0.25) is 0 Å². The second-order valence-corrected chi connectivity index (χ2v) is 3.71. The van der Waals surface area contributed by atoms with E-state index in [1.54, 1.807) is 19.1 Å².